The van der Waals surface area contributed by atoms with Gasteiger partial charge in [-0.1, -0.05) is 39.0 Å². The summed E-state index contributed by atoms with van der Waals surface area (Å²) in [4.78, 5) is 27.4. The molecule has 0 aliphatic carbocycles. The number of aromatic nitrogens is 4. The summed E-state index contributed by atoms with van der Waals surface area (Å²) >= 11 is 1.62. The number of fused-ring (bicyclic) bond motifs is 2. The van der Waals surface area contributed by atoms with Crippen LogP contribution in [0, 0.1) is 0 Å². The maximum atomic E-state index is 10.7. The normalized spacial score (nSPS) is 12.6. The Morgan fingerprint density at radius 1 is 1.24 bits per heavy atom. The van der Waals surface area contributed by atoms with E-state index in [9.17, 15) is 4.79 Å². The van der Waals surface area contributed by atoms with Crippen molar-refractivity contribution >= 4 is 50.9 Å². The summed E-state index contributed by atoms with van der Waals surface area (Å²) in [5, 5.41) is 10.9. The van der Waals surface area contributed by atoms with Crippen LogP contribution in [0.2, 0.25) is 0 Å². The van der Waals surface area contributed by atoms with Gasteiger partial charge in [0.05, 0.1) is 41.7 Å². The number of amides is 1. The van der Waals surface area contributed by atoms with Gasteiger partial charge in [0, 0.05) is 41.3 Å². The molecule has 38 heavy (non-hydrogen) atoms. The molecule has 0 radical (unpaired) electrons. The number of ether oxygens (including phenoxy) is 1. The second-order valence-electron chi connectivity index (χ2n) is 7.83. The van der Waals surface area contributed by atoms with Crippen LogP contribution >= 0.6 is 11.3 Å². The van der Waals surface area contributed by atoms with Crippen LogP contribution in [0.15, 0.2) is 61.4 Å². The molecule has 9 nitrogen and oxygen atoms in total. The Morgan fingerprint density at radius 3 is 2.61 bits per heavy atom. The van der Waals surface area contributed by atoms with E-state index in [0.717, 1.165) is 50.5 Å². The number of anilines is 1. The molecule has 10 heteroatoms. The van der Waals surface area contributed by atoms with E-state index in [1.54, 1.807) is 23.7 Å². The fourth-order valence-electron chi connectivity index (χ4n) is 3.57. The maximum absolute atomic E-state index is 10.7. The summed E-state index contributed by atoms with van der Waals surface area (Å²) < 4.78 is 6.55. The number of rotatable bonds is 6. The molecule has 4 aromatic rings. The highest BCUT2D eigenvalue weighted by atomic mass is 32.1. The standard InChI is InChI=1S/C19H18N6O2S.C4H7N.C3H8.C2H4/c26-11-20-9-12-8-16-17(28-12)19(25-4-6-27-7-5-25)23-18(22-16)13-2-1-3-15-14(13)10-21-24-15;1-3-5-4-2;1-3-2;1-2/h1-3,8,10-11H,4-7,9H2,(H,20,26)(H,21,24);3-4H,1H2,2H3;3H2,1-2H3;1-2H2. The van der Waals surface area contributed by atoms with Crippen molar-refractivity contribution in [2.45, 2.75) is 33.7 Å². The lowest BCUT2D eigenvalue weighted by Crippen LogP contribution is -2.36. The number of nitrogens with one attached hydrogen (secondary N) is 2. The van der Waals surface area contributed by atoms with Crippen molar-refractivity contribution in [1.29, 1.82) is 0 Å². The number of carbonyl (C=O) groups is 1. The summed E-state index contributed by atoms with van der Waals surface area (Å²) in [6.07, 6.45) is 6.96. The van der Waals surface area contributed by atoms with E-state index < -0.39 is 0 Å². The number of hydrogen-bond acceptors (Lipinski definition) is 8. The molecule has 0 bridgehead atoms. The minimum Gasteiger partial charge on any atom is -0.378 e. The van der Waals surface area contributed by atoms with Crippen LogP contribution in [0.3, 0.4) is 0 Å². The highest BCUT2D eigenvalue weighted by Crippen LogP contribution is 2.35. The molecule has 2 N–H and O–H groups in total. The average Bonchev–Trinajstić information content (AvgIpc) is 3.61. The van der Waals surface area contributed by atoms with E-state index in [4.69, 9.17) is 14.7 Å². The molecule has 0 unspecified atom stereocenters. The molecule has 0 saturated carbocycles. The second-order valence-corrected chi connectivity index (χ2v) is 8.97. The molecule has 1 amide bonds. The topological polar surface area (TPSA) is 108 Å². The molecule has 1 aromatic carbocycles. The average molecular weight is 536 g/mol. The monoisotopic (exact) mass is 535 g/mol. The van der Waals surface area contributed by atoms with Gasteiger partial charge in [-0.25, -0.2) is 9.97 Å². The van der Waals surface area contributed by atoms with Gasteiger partial charge >= 0.3 is 0 Å². The molecular weight excluding hydrogens is 498 g/mol. The zero-order valence-electron chi connectivity index (χ0n) is 22.4. The highest BCUT2D eigenvalue weighted by Gasteiger charge is 2.21. The zero-order chi connectivity index (χ0) is 27.8. The summed E-state index contributed by atoms with van der Waals surface area (Å²) in [6, 6.07) is 8.01. The Balaban J connectivity index is 0.000000443. The molecule has 1 saturated heterocycles. The van der Waals surface area contributed by atoms with Crippen molar-refractivity contribution in [3.05, 3.63) is 61.3 Å². The van der Waals surface area contributed by atoms with Crippen LogP contribution in [0.1, 0.15) is 32.1 Å². The number of hydrogen-bond donors (Lipinski definition) is 2. The van der Waals surface area contributed by atoms with Crippen LogP contribution in [0.4, 0.5) is 5.82 Å². The quantitative estimate of drug-likeness (QED) is 0.185. The molecule has 202 valence electrons. The van der Waals surface area contributed by atoms with Gasteiger partial charge in [-0.15, -0.1) is 24.5 Å². The van der Waals surface area contributed by atoms with E-state index in [-0.39, 0.29) is 0 Å². The first-order chi connectivity index (χ1) is 18.7. The van der Waals surface area contributed by atoms with Crippen molar-refractivity contribution in [1.82, 2.24) is 25.5 Å². The minimum atomic E-state index is 0.486. The molecule has 3 aromatic heterocycles. The number of benzene rings is 1. The Labute approximate surface area is 228 Å². The van der Waals surface area contributed by atoms with Gasteiger partial charge in [0.15, 0.2) is 11.6 Å². The van der Waals surface area contributed by atoms with Crippen molar-refractivity contribution in [3.63, 3.8) is 0 Å². The lowest BCUT2D eigenvalue weighted by atomic mass is 10.1. The summed E-state index contributed by atoms with van der Waals surface area (Å²) in [6.45, 7) is 18.9. The number of carbonyl (C=O) groups excluding carboxylic acids is 1. The van der Waals surface area contributed by atoms with Gasteiger partial charge in [0.25, 0.3) is 0 Å². The van der Waals surface area contributed by atoms with Crippen LogP contribution in [-0.4, -0.2) is 59.1 Å². The summed E-state index contributed by atoms with van der Waals surface area (Å²) in [5.41, 5.74) is 2.79. The van der Waals surface area contributed by atoms with Crippen molar-refractivity contribution in [3.8, 4) is 11.4 Å². The van der Waals surface area contributed by atoms with Crippen LogP contribution in [-0.2, 0) is 16.1 Å². The number of thiophene rings is 1. The van der Waals surface area contributed by atoms with Gasteiger partial charge < -0.3 is 15.0 Å². The van der Waals surface area contributed by atoms with Gasteiger partial charge in [0.2, 0.25) is 6.41 Å². The predicted octanol–water partition coefficient (Wildman–Crippen LogP) is 5.76. The second kappa shape index (κ2) is 16.8. The molecule has 0 spiro atoms. The molecule has 1 aliphatic rings. The lowest BCUT2D eigenvalue weighted by molar-refractivity contribution is -0.109. The minimum absolute atomic E-state index is 0.486. The SMILES string of the molecule is C=C.C=CN=CC.CCC.O=CNCc1cc2nc(-c3cccc4[nH]ncc34)nc(N3CCOCC3)c2s1. The molecule has 5 rings (SSSR count). The van der Waals surface area contributed by atoms with Gasteiger partial charge in [-0.05, 0) is 19.1 Å². The fraction of sp³-hybridized carbons (Fsp3) is 0.321. The number of morpholine rings is 1. The van der Waals surface area contributed by atoms with Crippen molar-refractivity contribution in [2.75, 3.05) is 31.2 Å². The smallest absolute Gasteiger partial charge is 0.207 e. The van der Waals surface area contributed by atoms with Crippen LogP contribution in [0.25, 0.3) is 32.5 Å². The first-order valence-corrected chi connectivity index (χ1v) is 13.3. The van der Waals surface area contributed by atoms with Crippen molar-refractivity contribution < 1.29 is 9.53 Å². The first-order valence-electron chi connectivity index (χ1n) is 12.5. The molecule has 1 fully saturated rings. The van der Waals surface area contributed by atoms with Gasteiger partial charge in [-0.2, -0.15) is 5.10 Å². The Kier molecular flexibility index (Phi) is 13.4. The Morgan fingerprint density at radius 2 is 1.97 bits per heavy atom. The first kappa shape index (κ1) is 30.3. The fourth-order valence-corrected chi connectivity index (χ4v) is 4.64. The number of aliphatic imine (C=N–C) groups is 1. The largest absolute Gasteiger partial charge is 0.378 e. The Bertz CT molecular complexity index is 1310. The number of aromatic amines is 1. The third-order valence-electron chi connectivity index (χ3n) is 5.06. The Hall–Kier alpha value is -3.89. The molecule has 0 atom stereocenters. The summed E-state index contributed by atoms with van der Waals surface area (Å²) in [7, 11) is 0. The van der Waals surface area contributed by atoms with E-state index in [0.29, 0.717) is 32.0 Å². The molecule has 1 aliphatic heterocycles. The highest BCUT2D eigenvalue weighted by molar-refractivity contribution is 7.19. The molecule has 4 heterocycles. The van der Waals surface area contributed by atoms with Crippen LogP contribution in [0.5, 0.6) is 0 Å². The number of H-pyrrole nitrogens is 1. The van der Waals surface area contributed by atoms with E-state index in [1.807, 2.05) is 31.2 Å². The summed E-state index contributed by atoms with van der Waals surface area (Å²) in [5.74, 6) is 1.60. The van der Waals surface area contributed by atoms with Gasteiger partial charge in [0.1, 0.15) is 0 Å². The zero-order valence-corrected chi connectivity index (χ0v) is 23.3. The third-order valence-corrected chi connectivity index (χ3v) is 6.18. The lowest BCUT2D eigenvalue weighted by Gasteiger charge is -2.28. The predicted molar refractivity (Wildman–Crippen MR) is 160 cm³/mol. The third kappa shape index (κ3) is 8.06. The molecular formula is C28H37N7O2S. The van der Waals surface area contributed by atoms with E-state index in [2.05, 4.69) is 59.0 Å². The van der Waals surface area contributed by atoms with Gasteiger partial charge in [-0.3, -0.25) is 14.9 Å². The van der Waals surface area contributed by atoms with E-state index >= 15 is 0 Å². The maximum Gasteiger partial charge on any atom is 0.207 e. The van der Waals surface area contributed by atoms with Crippen LogP contribution < -0.4 is 10.2 Å². The van der Waals surface area contributed by atoms with Crippen molar-refractivity contribution in [2.24, 2.45) is 4.99 Å². The van der Waals surface area contributed by atoms with E-state index in [1.165, 1.54) is 12.6 Å². The number of nitrogens with zero attached hydrogens (tertiary/aromatic N) is 5.